The molecule has 10 heteroatoms. The van der Waals surface area contributed by atoms with Gasteiger partial charge in [0.05, 0.1) is 30.2 Å². The third-order valence-corrected chi connectivity index (χ3v) is 6.89. The normalized spacial score (nSPS) is 23.4. The van der Waals surface area contributed by atoms with Crippen LogP contribution in [-0.2, 0) is 4.74 Å². The van der Waals surface area contributed by atoms with Crippen LogP contribution < -0.4 is 10.1 Å². The zero-order chi connectivity index (χ0) is 27.0. The van der Waals surface area contributed by atoms with Crippen molar-refractivity contribution in [2.75, 3.05) is 19.8 Å². The Hall–Kier alpha value is -4.23. The van der Waals surface area contributed by atoms with Gasteiger partial charge in [0.2, 0.25) is 0 Å². The number of hydrogen-bond acceptors (Lipinski definition) is 7. The van der Waals surface area contributed by atoms with Crippen molar-refractivity contribution in [2.45, 2.75) is 26.9 Å². The monoisotopic (exact) mass is 519 g/mol. The molecule has 3 atom stereocenters. The van der Waals surface area contributed by atoms with E-state index in [1.807, 2.05) is 19.9 Å². The Bertz CT molecular complexity index is 1540. The van der Waals surface area contributed by atoms with E-state index < -0.39 is 29.1 Å². The van der Waals surface area contributed by atoms with Crippen molar-refractivity contribution in [3.05, 3.63) is 71.1 Å². The molecule has 0 saturated heterocycles. The molecule has 2 aliphatic rings. The van der Waals surface area contributed by atoms with E-state index in [0.717, 1.165) is 16.7 Å². The Morgan fingerprint density at radius 1 is 1.34 bits per heavy atom. The van der Waals surface area contributed by atoms with E-state index in [2.05, 4.69) is 26.3 Å². The maximum Gasteiger partial charge on any atom is 0.288 e. The van der Waals surface area contributed by atoms with Crippen molar-refractivity contribution in [1.82, 2.24) is 15.3 Å². The summed E-state index contributed by atoms with van der Waals surface area (Å²) in [6.45, 7) is 5.83. The third-order valence-electron chi connectivity index (χ3n) is 6.89. The molecule has 196 valence electrons. The summed E-state index contributed by atoms with van der Waals surface area (Å²) in [6.07, 6.45) is 2.66. The number of aryl methyl sites for hydroxylation is 1. The smallest absolute Gasteiger partial charge is 0.288 e. The molecule has 1 aliphatic carbocycles. The van der Waals surface area contributed by atoms with Gasteiger partial charge < -0.3 is 24.9 Å². The molecular weight excluding hydrogens is 492 g/mol. The Balaban J connectivity index is 1.47. The van der Waals surface area contributed by atoms with Crippen LogP contribution in [0.2, 0.25) is 0 Å². The standard InChI is InChI=1S/C28H27F2N5O3/c1-15-8-17(10-31)4-5-18(15)19-11-33-26-23(19)22(6-7-32-26)38-25-20(29)9-21(16(2)24(25)30)35-27-34-12-28(3,13-36)14-37-27/h4-9,11,16,24,36H,12-14H2,1-3H3,(H,32,33)(H,34,35). The van der Waals surface area contributed by atoms with Gasteiger partial charge in [-0.05, 0) is 42.3 Å². The fourth-order valence-corrected chi connectivity index (χ4v) is 4.48. The van der Waals surface area contributed by atoms with Crippen molar-refractivity contribution in [3.8, 4) is 22.9 Å². The minimum Gasteiger partial charge on any atom is -0.464 e. The molecule has 1 aliphatic heterocycles. The summed E-state index contributed by atoms with van der Waals surface area (Å²) in [4.78, 5) is 11.7. The molecule has 3 aromatic rings. The Labute approximate surface area is 218 Å². The first-order chi connectivity index (χ1) is 18.2. The molecule has 38 heavy (non-hydrogen) atoms. The Morgan fingerprint density at radius 2 is 2.16 bits per heavy atom. The van der Waals surface area contributed by atoms with Crippen LogP contribution in [0.5, 0.6) is 5.75 Å². The topological polar surface area (TPSA) is 116 Å². The number of nitriles is 1. The van der Waals surface area contributed by atoms with Gasteiger partial charge in [0, 0.05) is 35.0 Å². The van der Waals surface area contributed by atoms with E-state index in [-0.39, 0.29) is 30.7 Å². The molecule has 3 unspecified atom stereocenters. The molecule has 1 aromatic carbocycles. The van der Waals surface area contributed by atoms with Gasteiger partial charge in [-0.3, -0.25) is 0 Å². The summed E-state index contributed by atoms with van der Waals surface area (Å²) in [5.41, 5.74) is 3.26. The van der Waals surface area contributed by atoms with Gasteiger partial charge in [0.25, 0.3) is 6.02 Å². The number of aliphatic hydroxyl groups is 1. The number of halogens is 2. The number of aliphatic hydroxyl groups excluding tert-OH is 1. The largest absolute Gasteiger partial charge is 0.464 e. The number of amidine groups is 1. The van der Waals surface area contributed by atoms with Crippen LogP contribution >= 0.6 is 0 Å². The van der Waals surface area contributed by atoms with Crippen LogP contribution in [0.3, 0.4) is 0 Å². The van der Waals surface area contributed by atoms with Gasteiger partial charge in [-0.25, -0.2) is 18.8 Å². The lowest BCUT2D eigenvalue weighted by molar-refractivity contribution is 0.0672. The zero-order valence-electron chi connectivity index (χ0n) is 21.2. The number of aromatic nitrogens is 2. The third kappa shape index (κ3) is 4.61. The van der Waals surface area contributed by atoms with E-state index in [0.29, 0.717) is 23.1 Å². The zero-order valence-corrected chi connectivity index (χ0v) is 21.2. The molecule has 8 nitrogen and oxygen atoms in total. The molecular formula is C28H27F2N5O3. The van der Waals surface area contributed by atoms with Crippen molar-refractivity contribution in [1.29, 1.82) is 5.26 Å². The van der Waals surface area contributed by atoms with Gasteiger partial charge in [-0.2, -0.15) is 5.26 Å². The van der Waals surface area contributed by atoms with Gasteiger partial charge in [-0.1, -0.05) is 19.9 Å². The lowest BCUT2D eigenvalue weighted by atomic mass is 9.92. The average molecular weight is 520 g/mol. The van der Waals surface area contributed by atoms with E-state index >= 15 is 8.78 Å². The molecule has 3 N–H and O–H groups in total. The van der Waals surface area contributed by atoms with E-state index in [1.54, 1.807) is 31.3 Å². The summed E-state index contributed by atoms with van der Waals surface area (Å²) in [5, 5.41) is 22.1. The number of alkyl halides is 1. The Morgan fingerprint density at radius 3 is 2.84 bits per heavy atom. The molecule has 0 radical (unpaired) electrons. The molecule has 0 amide bonds. The number of aromatic amines is 1. The molecule has 0 bridgehead atoms. The number of nitrogens with zero attached hydrogens (tertiary/aromatic N) is 3. The summed E-state index contributed by atoms with van der Waals surface area (Å²) in [7, 11) is 0. The average Bonchev–Trinajstić information content (AvgIpc) is 3.35. The number of rotatable bonds is 5. The SMILES string of the molecule is Cc1cc(C#N)ccc1-c1c[nH]c2nccc(OC3=C(F)C=C(NC4=NCC(C)(CO)CO4)C(C)C3F)c12. The second-order valence-corrected chi connectivity index (χ2v) is 9.98. The fourth-order valence-electron chi connectivity index (χ4n) is 4.48. The van der Waals surface area contributed by atoms with E-state index in [9.17, 15) is 10.4 Å². The number of allylic oxidation sites excluding steroid dienone is 4. The summed E-state index contributed by atoms with van der Waals surface area (Å²) in [5.74, 6) is -1.81. The number of aliphatic imine (C=N–C) groups is 1. The molecule has 5 rings (SSSR count). The number of pyridine rings is 1. The summed E-state index contributed by atoms with van der Waals surface area (Å²) in [6, 6.07) is 9.16. The highest BCUT2D eigenvalue weighted by Crippen LogP contribution is 2.39. The number of benzene rings is 1. The number of hydrogen-bond donors (Lipinski definition) is 3. The minimum absolute atomic E-state index is 0.0800. The van der Waals surface area contributed by atoms with Gasteiger partial charge in [0.1, 0.15) is 18.0 Å². The van der Waals surface area contributed by atoms with Crippen molar-refractivity contribution < 1.29 is 23.4 Å². The van der Waals surface area contributed by atoms with Crippen LogP contribution in [0.25, 0.3) is 22.2 Å². The fraction of sp³-hybridized carbons (Fsp3) is 0.321. The predicted molar refractivity (Wildman–Crippen MR) is 138 cm³/mol. The number of fused-ring (bicyclic) bond motifs is 1. The minimum atomic E-state index is -1.78. The van der Waals surface area contributed by atoms with Crippen molar-refractivity contribution in [2.24, 2.45) is 16.3 Å². The quantitative estimate of drug-likeness (QED) is 0.445. The maximum absolute atomic E-state index is 15.6. The molecule has 0 fully saturated rings. The van der Waals surface area contributed by atoms with Crippen molar-refractivity contribution >= 4 is 17.1 Å². The lowest BCUT2D eigenvalue weighted by Gasteiger charge is -2.32. The summed E-state index contributed by atoms with van der Waals surface area (Å²) < 4.78 is 42.3. The van der Waals surface area contributed by atoms with Crippen LogP contribution in [0.4, 0.5) is 8.78 Å². The molecule has 3 heterocycles. The van der Waals surface area contributed by atoms with E-state index in [4.69, 9.17) is 9.47 Å². The van der Waals surface area contributed by atoms with Crippen molar-refractivity contribution in [3.63, 3.8) is 0 Å². The van der Waals surface area contributed by atoms with Crippen LogP contribution in [0.1, 0.15) is 25.0 Å². The second-order valence-electron chi connectivity index (χ2n) is 9.98. The highest BCUT2D eigenvalue weighted by molar-refractivity contribution is 5.98. The van der Waals surface area contributed by atoms with E-state index in [1.165, 1.54) is 12.3 Å². The highest BCUT2D eigenvalue weighted by Gasteiger charge is 2.36. The first-order valence-electron chi connectivity index (χ1n) is 12.2. The van der Waals surface area contributed by atoms with Crippen LogP contribution in [0.15, 0.2) is 65.0 Å². The summed E-state index contributed by atoms with van der Waals surface area (Å²) >= 11 is 0. The van der Waals surface area contributed by atoms with Gasteiger partial charge in [0.15, 0.2) is 17.8 Å². The molecule has 0 saturated carbocycles. The Kier molecular flexibility index (Phi) is 6.63. The number of H-pyrrole nitrogens is 1. The number of ether oxygens (including phenoxy) is 2. The predicted octanol–water partition coefficient (Wildman–Crippen LogP) is 4.82. The molecule has 0 spiro atoms. The first-order valence-corrected chi connectivity index (χ1v) is 12.2. The van der Waals surface area contributed by atoms with Gasteiger partial charge >= 0.3 is 0 Å². The number of nitrogens with one attached hydrogen (secondary N) is 2. The van der Waals surface area contributed by atoms with Gasteiger partial charge in [-0.15, -0.1) is 0 Å². The molecule has 2 aromatic heterocycles. The second kappa shape index (κ2) is 9.91. The first kappa shape index (κ1) is 25.4. The van der Waals surface area contributed by atoms with Crippen LogP contribution in [-0.4, -0.2) is 47.0 Å². The van der Waals surface area contributed by atoms with Crippen LogP contribution in [0, 0.1) is 29.6 Å². The highest BCUT2D eigenvalue weighted by atomic mass is 19.1. The lowest BCUT2D eigenvalue weighted by Crippen LogP contribution is -2.42. The maximum atomic E-state index is 15.6.